The molecule has 0 radical (unpaired) electrons. The summed E-state index contributed by atoms with van der Waals surface area (Å²) in [6.45, 7) is 1.92. The van der Waals surface area contributed by atoms with Gasteiger partial charge in [0.05, 0.1) is 24.0 Å². The van der Waals surface area contributed by atoms with Crippen molar-refractivity contribution in [2.45, 2.75) is 31.4 Å². The third-order valence-electron chi connectivity index (χ3n) is 3.07. The summed E-state index contributed by atoms with van der Waals surface area (Å²) in [7, 11) is -7.43. The van der Waals surface area contributed by atoms with Crippen LogP contribution in [0.25, 0.3) is 0 Å². The van der Waals surface area contributed by atoms with Gasteiger partial charge in [0.2, 0.25) is 20.0 Å². The maximum atomic E-state index is 12.0. The molecule has 118 valence electrons. The number of ether oxygens (including phenoxy) is 1. The lowest BCUT2D eigenvalue weighted by molar-refractivity contribution is -0.142. The summed E-state index contributed by atoms with van der Waals surface area (Å²) in [5, 5.41) is 4.17. The van der Waals surface area contributed by atoms with E-state index in [0.717, 1.165) is 4.31 Å². The molecule has 0 aliphatic carbocycles. The van der Waals surface area contributed by atoms with Crippen molar-refractivity contribution in [3.05, 3.63) is 0 Å². The number of rotatable bonds is 6. The van der Waals surface area contributed by atoms with Crippen LogP contribution in [-0.2, 0) is 29.6 Å². The second kappa shape index (κ2) is 6.83. The molecule has 1 heterocycles. The minimum Gasteiger partial charge on any atom is -0.466 e. The molecule has 1 aliphatic heterocycles. The van der Waals surface area contributed by atoms with Crippen LogP contribution < -0.4 is 5.14 Å². The van der Waals surface area contributed by atoms with Crippen molar-refractivity contribution in [2.24, 2.45) is 5.14 Å². The highest BCUT2D eigenvalue weighted by Crippen LogP contribution is 2.18. The lowest BCUT2D eigenvalue weighted by Crippen LogP contribution is -2.47. The van der Waals surface area contributed by atoms with Gasteiger partial charge in [-0.15, -0.1) is 0 Å². The molecule has 0 amide bonds. The van der Waals surface area contributed by atoms with Crippen molar-refractivity contribution >= 4 is 26.0 Å². The fourth-order valence-corrected chi connectivity index (χ4v) is 4.47. The first kappa shape index (κ1) is 17.3. The van der Waals surface area contributed by atoms with Crippen LogP contribution in [0.5, 0.6) is 0 Å². The topological polar surface area (TPSA) is 124 Å². The second-order valence-electron chi connectivity index (χ2n) is 4.58. The van der Waals surface area contributed by atoms with Crippen LogP contribution >= 0.6 is 0 Å². The minimum absolute atomic E-state index is 0.149. The van der Waals surface area contributed by atoms with Gasteiger partial charge in [-0.25, -0.2) is 26.3 Å². The Morgan fingerprint density at radius 2 is 2.00 bits per heavy atom. The van der Waals surface area contributed by atoms with E-state index in [1.54, 1.807) is 6.92 Å². The fraction of sp³-hybridized carbons (Fsp3) is 0.900. The largest absolute Gasteiger partial charge is 0.466 e. The molecule has 1 rings (SSSR count). The zero-order valence-corrected chi connectivity index (χ0v) is 13.0. The zero-order chi connectivity index (χ0) is 15.4. The number of hydrogen-bond acceptors (Lipinski definition) is 6. The molecule has 0 aromatic rings. The lowest BCUT2D eigenvalue weighted by atomic mass is 10.2. The van der Waals surface area contributed by atoms with Gasteiger partial charge < -0.3 is 4.74 Å². The minimum atomic E-state index is -3.76. The van der Waals surface area contributed by atoms with Crippen LogP contribution in [0.1, 0.15) is 26.2 Å². The standard InChI is InChI=1S/C10H20N2O6S2/c1-2-18-10(13)5-7-19(14,15)12-6-3-4-9(8-12)20(11,16)17/h9H,2-8H2,1H3,(H2,11,16,17). The number of sulfonamides is 2. The van der Waals surface area contributed by atoms with Gasteiger partial charge in [0.1, 0.15) is 0 Å². The molecular formula is C10H20N2O6S2. The van der Waals surface area contributed by atoms with Crippen molar-refractivity contribution in [3.8, 4) is 0 Å². The van der Waals surface area contributed by atoms with Crippen LogP contribution in [0.15, 0.2) is 0 Å². The summed E-state index contributed by atoms with van der Waals surface area (Å²) in [5.41, 5.74) is 0. The predicted octanol–water partition coefficient (Wildman–Crippen LogP) is -0.978. The monoisotopic (exact) mass is 328 g/mol. The normalized spacial score (nSPS) is 21.6. The summed E-state index contributed by atoms with van der Waals surface area (Å²) in [5.74, 6) is -0.973. The van der Waals surface area contributed by atoms with Gasteiger partial charge in [-0.3, -0.25) is 4.79 Å². The molecule has 0 spiro atoms. The summed E-state index contributed by atoms with van der Waals surface area (Å²) in [4.78, 5) is 11.2. The lowest BCUT2D eigenvalue weighted by Gasteiger charge is -2.30. The first-order valence-electron chi connectivity index (χ1n) is 6.32. The van der Waals surface area contributed by atoms with Crippen molar-refractivity contribution in [1.82, 2.24) is 4.31 Å². The van der Waals surface area contributed by atoms with E-state index in [0.29, 0.717) is 12.8 Å². The number of primary sulfonamides is 1. The van der Waals surface area contributed by atoms with E-state index in [1.165, 1.54) is 0 Å². The SMILES string of the molecule is CCOC(=O)CCS(=O)(=O)N1CCCC(S(N)(=O)=O)C1. The average molecular weight is 328 g/mol. The molecule has 0 saturated carbocycles. The van der Waals surface area contributed by atoms with Crippen molar-refractivity contribution < 1.29 is 26.4 Å². The highest BCUT2D eigenvalue weighted by molar-refractivity contribution is 7.90. The Morgan fingerprint density at radius 1 is 1.35 bits per heavy atom. The Kier molecular flexibility index (Phi) is 5.92. The maximum Gasteiger partial charge on any atom is 0.306 e. The van der Waals surface area contributed by atoms with Crippen LogP contribution in [0.3, 0.4) is 0 Å². The van der Waals surface area contributed by atoms with Gasteiger partial charge >= 0.3 is 5.97 Å². The molecule has 1 unspecified atom stereocenters. The van der Waals surface area contributed by atoms with E-state index < -0.39 is 31.3 Å². The molecule has 0 bridgehead atoms. The molecule has 1 fully saturated rings. The van der Waals surface area contributed by atoms with Gasteiger partial charge in [0, 0.05) is 13.1 Å². The van der Waals surface area contributed by atoms with E-state index in [-0.39, 0.29) is 31.9 Å². The van der Waals surface area contributed by atoms with Crippen molar-refractivity contribution in [1.29, 1.82) is 0 Å². The quantitative estimate of drug-likeness (QED) is 0.625. The van der Waals surface area contributed by atoms with Crippen LogP contribution in [0.4, 0.5) is 0 Å². The third-order valence-corrected chi connectivity index (χ3v) is 6.22. The third kappa shape index (κ3) is 5.00. The van der Waals surface area contributed by atoms with Crippen molar-refractivity contribution in [3.63, 3.8) is 0 Å². The number of carbonyl (C=O) groups is 1. The molecule has 8 nitrogen and oxygen atoms in total. The van der Waals surface area contributed by atoms with Gasteiger partial charge in [-0.1, -0.05) is 0 Å². The molecule has 10 heteroatoms. The number of carbonyl (C=O) groups excluding carboxylic acids is 1. The Labute approximate surface area is 119 Å². The van der Waals surface area contributed by atoms with Gasteiger partial charge in [-0.2, -0.15) is 0 Å². The molecule has 0 aromatic carbocycles. The molecule has 20 heavy (non-hydrogen) atoms. The number of piperidine rings is 1. The first-order chi connectivity index (χ1) is 9.16. The fourth-order valence-electron chi connectivity index (χ4n) is 2.00. The Hall–Kier alpha value is -0.710. The van der Waals surface area contributed by atoms with Crippen molar-refractivity contribution in [2.75, 3.05) is 25.4 Å². The molecule has 0 aromatic heterocycles. The van der Waals surface area contributed by atoms with Crippen LogP contribution in [-0.4, -0.2) is 57.8 Å². The Bertz CT molecular complexity index is 542. The van der Waals surface area contributed by atoms with E-state index in [4.69, 9.17) is 5.14 Å². The summed E-state index contributed by atoms with van der Waals surface area (Å²) < 4.78 is 52.4. The van der Waals surface area contributed by atoms with Crippen LogP contribution in [0.2, 0.25) is 0 Å². The van der Waals surface area contributed by atoms with Gasteiger partial charge in [0.15, 0.2) is 0 Å². The maximum absolute atomic E-state index is 12.0. The first-order valence-corrected chi connectivity index (χ1v) is 9.53. The van der Waals surface area contributed by atoms with Gasteiger partial charge in [0.25, 0.3) is 0 Å². The number of esters is 1. The highest BCUT2D eigenvalue weighted by atomic mass is 32.2. The smallest absolute Gasteiger partial charge is 0.306 e. The second-order valence-corrected chi connectivity index (χ2v) is 8.52. The number of nitrogens with zero attached hydrogens (tertiary/aromatic N) is 1. The summed E-state index contributed by atoms with van der Waals surface area (Å²) in [6.07, 6.45) is 0.537. The zero-order valence-electron chi connectivity index (χ0n) is 11.3. The van der Waals surface area contributed by atoms with E-state index in [2.05, 4.69) is 4.74 Å². The Morgan fingerprint density at radius 3 is 2.55 bits per heavy atom. The molecule has 1 saturated heterocycles. The molecular weight excluding hydrogens is 308 g/mol. The molecule has 1 aliphatic rings. The van der Waals surface area contributed by atoms with E-state index in [1.807, 2.05) is 0 Å². The van der Waals surface area contributed by atoms with Gasteiger partial charge in [-0.05, 0) is 19.8 Å². The molecule has 1 atom stereocenters. The summed E-state index contributed by atoms with van der Waals surface area (Å²) in [6, 6.07) is 0. The predicted molar refractivity (Wildman–Crippen MR) is 72.7 cm³/mol. The number of nitrogens with two attached hydrogens (primary N) is 1. The molecule has 2 N–H and O–H groups in total. The van der Waals surface area contributed by atoms with E-state index >= 15 is 0 Å². The highest BCUT2D eigenvalue weighted by Gasteiger charge is 2.34. The summed E-state index contributed by atoms with van der Waals surface area (Å²) >= 11 is 0. The average Bonchev–Trinajstić information content (AvgIpc) is 2.36. The van der Waals surface area contributed by atoms with Crippen LogP contribution in [0, 0.1) is 0 Å². The van der Waals surface area contributed by atoms with E-state index in [9.17, 15) is 21.6 Å². The number of hydrogen-bond donors (Lipinski definition) is 1. The Balaban J connectivity index is 2.65.